The molecule has 3 rings (SSSR count). The van der Waals surface area contributed by atoms with E-state index in [1.54, 1.807) is 0 Å². The predicted molar refractivity (Wildman–Crippen MR) is 105 cm³/mol. The smallest absolute Gasteiger partial charge is 0.234 e. The first-order valence-corrected chi connectivity index (χ1v) is 9.13. The maximum absolute atomic E-state index is 12.4. The van der Waals surface area contributed by atoms with E-state index < -0.39 is 0 Å². The molecule has 1 N–H and O–H groups in total. The number of amides is 1. The summed E-state index contributed by atoms with van der Waals surface area (Å²) < 4.78 is 2.08. The molecule has 0 aliphatic carbocycles. The highest BCUT2D eigenvalue weighted by molar-refractivity contribution is 7.99. The second-order valence-corrected chi connectivity index (χ2v) is 6.83. The molecule has 0 fully saturated rings. The lowest BCUT2D eigenvalue weighted by Crippen LogP contribution is -2.16. The molecule has 1 amide bonds. The van der Waals surface area contributed by atoms with Crippen molar-refractivity contribution in [3.63, 3.8) is 0 Å². The third-order valence-corrected chi connectivity index (χ3v) is 4.99. The number of aryl methyl sites for hydroxylation is 2. The van der Waals surface area contributed by atoms with Crippen LogP contribution in [0, 0.1) is 13.8 Å². The van der Waals surface area contributed by atoms with Gasteiger partial charge in [0.15, 0.2) is 5.16 Å². The maximum atomic E-state index is 12.4. The van der Waals surface area contributed by atoms with Crippen molar-refractivity contribution in [2.45, 2.75) is 25.5 Å². The fourth-order valence-corrected chi connectivity index (χ4v) is 3.61. The molecule has 2 aromatic carbocycles. The largest absolute Gasteiger partial charge is 0.325 e. The molecular weight excluding hydrogens is 330 g/mol. The van der Waals surface area contributed by atoms with Gasteiger partial charge in [0, 0.05) is 12.2 Å². The highest BCUT2D eigenvalue weighted by Crippen LogP contribution is 2.25. The summed E-state index contributed by atoms with van der Waals surface area (Å²) in [5.41, 5.74) is 5.02. The number of fused-ring (bicyclic) bond motifs is 1. The number of carbonyl (C=O) groups is 1. The number of hydrogen-bond acceptors (Lipinski definition) is 3. The van der Waals surface area contributed by atoms with Gasteiger partial charge in [-0.3, -0.25) is 4.79 Å². The van der Waals surface area contributed by atoms with Crippen molar-refractivity contribution in [3.8, 4) is 0 Å². The second kappa shape index (κ2) is 7.57. The lowest BCUT2D eigenvalue weighted by atomic mass is 10.1. The van der Waals surface area contributed by atoms with Gasteiger partial charge in [0.05, 0.1) is 16.8 Å². The van der Waals surface area contributed by atoms with Gasteiger partial charge in [-0.05, 0) is 37.1 Å². The highest BCUT2D eigenvalue weighted by atomic mass is 32.2. The van der Waals surface area contributed by atoms with Gasteiger partial charge in [-0.15, -0.1) is 6.58 Å². The minimum Gasteiger partial charge on any atom is -0.325 e. The Labute approximate surface area is 152 Å². The first-order valence-electron chi connectivity index (χ1n) is 8.15. The van der Waals surface area contributed by atoms with Crippen LogP contribution in [0.3, 0.4) is 0 Å². The van der Waals surface area contributed by atoms with E-state index >= 15 is 0 Å². The van der Waals surface area contributed by atoms with Crippen molar-refractivity contribution in [1.82, 2.24) is 9.55 Å². The molecule has 0 aliphatic rings. The zero-order chi connectivity index (χ0) is 17.8. The van der Waals surface area contributed by atoms with E-state index in [0.29, 0.717) is 12.3 Å². The van der Waals surface area contributed by atoms with Gasteiger partial charge in [-0.2, -0.15) is 0 Å². The van der Waals surface area contributed by atoms with E-state index in [-0.39, 0.29) is 5.91 Å². The van der Waals surface area contributed by atoms with Gasteiger partial charge < -0.3 is 9.88 Å². The number of para-hydroxylation sites is 3. The minimum absolute atomic E-state index is 0.0281. The van der Waals surface area contributed by atoms with Crippen LogP contribution in [0.15, 0.2) is 60.3 Å². The van der Waals surface area contributed by atoms with Crippen LogP contribution in [0.5, 0.6) is 0 Å². The predicted octanol–water partition coefficient (Wildman–Crippen LogP) is 4.57. The average molecular weight is 351 g/mol. The van der Waals surface area contributed by atoms with Crippen LogP contribution in [-0.4, -0.2) is 21.2 Å². The molecule has 0 unspecified atom stereocenters. The maximum Gasteiger partial charge on any atom is 0.234 e. The quantitative estimate of drug-likeness (QED) is 0.523. The number of allylic oxidation sites excluding steroid dienone is 1. The number of hydrogen-bond donors (Lipinski definition) is 1. The summed E-state index contributed by atoms with van der Waals surface area (Å²) >= 11 is 1.44. The zero-order valence-corrected chi connectivity index (χ0v) is 15.3. The summed E-state index contributed by atoms with van der Waals surface area (Å²) in [6, 6.07) is 14.0. The summed E-state index contributed by atoms with van der Waals surface area (Å²) in [7, 11) is 0. The first kappa shape index (κ1) is 17.3. The lowest BCUT2D eigenvalue weighted by Gasteiger charge is -2.11. The van der Waals surface area contributed by atoms with Crippen molar-refractivity contribution in [1.29, 1.82) is 0 Å². The average Bonchev–Trinajstić information content (AvgIpc) is 2.95. The number of rotatable bonds is 6. The monoisotopic (exact) mass is 351 g/mol. The number of aromatic nitrogens is 2. The normalized spacial score (nSPS) is 10.8. The van der Waals surface area contributed by atoms with Crippen LogP contribution < -0.4 is 5.32 Å². The Morgan fingerprint density at radius 2 is 1.92 bits per heavy atom. The summed E-state index contributed by atoms with van der Waals surface area (Å²) in [4.78, 5) is 17.0. The molecule has 4 nitrogen and oxygen atoms in total. The topological polar surface area (TPSA) is 46.9 Å². The van der Waals surface area contributed by atoms with E-state index in [1.807, 2.05) is 62.4 Å². The molecule has 5 heteroatoms. The van der Waals surface area contributed by atoms with Gasteiger partial charge in [0.1, 0.15) is 0 Å². The Kier molecular flexibility index (Phi) is 5.24. The van der Waals surface area contributed by atoms with Crippen molar-refractivity contribution >= 4 is 34.4 Å². The molecular formula is C20H21N3OS. The van der Waals surface area contributed by atoms with Crippen LogP contribution >= 0.6 is 11.8 Å². The summed E-state index contributed by atoms with van der Waals surface area (Å²) in [6.07, 6.45) is 1.84. The van der Waals surface area contributed by atoms with Crippen LogP contribution in [0.2, 0.25) is 0 Å². The Hall–Kier alpha value is -2.53. The number of nitrogens with one attached hydrogen (secondary N) is 1. The van der Waals surface area contributed by atoms with E-state index in [0.717, 1.165) is 33.0 Å². The molecule has 128 valence electrons. The number of carbonyl (C=O) groups excluding carboxylic acids is 1. The van der Waals surface area contributed by atoms with E-state index in [2.05, 4.69) is 21.4 Å². The van der Waals surface area contributed by atoms with Gasteiger partial charge in [0.25, 0.3) is 0 Å². The number of thioether (sulfide) groups is 1. The Bertz CT molecular complexity index is 910. The van der Waals surface area contributed by atoms with Crippen molar-refractivity contribution in [2.75, 3.05) is 11.1 Å². The standard InChI is InChI=1S/C20H21N3OS/c1-4-12-23-17-11-6-5-10-16(17)21-20(23)25-13-18(24)22-19-14(2)8-7-9-15(19)3/h4-11H,1,12-13H2,2-3H3,(H,22,24). The van der Waals surface area contributed by atoms with Crippen LogP contribution in [0.25, 0.3) is 11.0 Å². The third kappa shape index (κ3) is 3.77. The van der Waals surface area contributed by atoms with Crippen molar-refractivity contribution < 1.29 is 4.79 Å². The number of anilines is 1. The summed E-state index contributed by atoms with van der Waals surface area (Å²) in [5, 5.41) is 3.85. The molecule has 0 spiro atoms. The van der Waals surface area contributed by atoms with Crippen LogP contribution in [0.1, 0.15) is 11.1 Å². The van der Waals surface area contributed by atoms with Crippen LogP contribution in [-0.2, 0) is 11.3 Å². The van der Waals surface area contributed by atoms with Gasteiger partial charge >= 0.3 is 0 Å². The fraction of sp³-hybridized carbons (Fsp3) is 0.200. The van der Waals surface area contributed by atoms with Crippen molar-refractivity contribution in [2.24, 2.45) is 0 Å². The number of imidazole rings is 1. The molecule has 3 aromatic rings. The van der Waals surface area contributed by atoms with Gasteiger partial charge in [-0.1, -0.05) is 48.2 Å². The summed E-state index contributed by atoms with van der Waals surface area (Å²) in [5.74, 6) is 0.286. The molecule has 0 atom stereocenters. The first-order chi connectivity index (χ1) is 12.1. The minimum atomic E-state index is -0.0281. The van der Waals surface area contributed by atoms with E-state index in [9.17, 15) is 4.79 Å². The molecule has 1 aromatic heterocycles. The Balaban J connectivity index is 1.75. The Morgan fingerprint density at radius 1 is 1.20 bits per heavy atom. The molecule has 0 radical (unpaired) electrons. The van der Waals surface area contributed by atoms with Gasteiger partial charge in [-0.25, -0.2) is 4.98 Å². The lowest BCUT2D eigenvalue weighted by molar-refractivity contribution is -0.113. The van der Waals surface area contributed by atoms with Gasteiger partial charge in [0.2, 0.25) is 5.91 Å². The van der Waals surface area contributed by atoms with E-state index in [1.165, 1.54) is 11.8 Å². The molecule has 1 heterocycles. The number of benzene rings is 2. The van der Waals surface area contributed by atoms with E-state index in [4.69, 9.17) is 0 Å². The molecule has 0 bridgehead atoms. The fourth-order valence-electron chi connectivity index (χ4n) is 2.79. The zero-order valence-electron chi connectivity index (χ0n) is 14.5. The molecule has 25 heavy (non-hydrogen) atoms. The molecule has 0 saturated heterocycles. The SMILES string of the molecule is C=CCn1c(SCC(=O)Nc2c(C)cccc2C)nc2ccccc21. The second-order valence-electron chi connectivity index (χ2n) is 5.89. The Morgan fingerprint density at radius 3 is 2.64 bits per heavy atom. The number of nitrogens with zero attached hydrogens (tertiary/aromatic N) is 2. The third-order valence-electron chi connectivity index (χ3n) is 4.01. The molecule has 0 aliphatic heterocycles. The van der Waals surface area contributed by atoms with Crippen molar-refractivity contribution in [3.05, 3.63) is 66.2 Å². The summed E-state index contributed by atoms with van der Waals surface area (Å²) in [6.45, 7) is 8.48. The highest BCUT2D eigenvalue weighted by Gasteiger charge is 2.13. The van der Waals surface area contributed by atoms with Crippen LogP contribution in [0.4, 0.5) is 5.69 Å². The molecule has 0 saturated carbocycles.